The minimum absolute atomic E-state index is 0.0181. The van der Waals surface area contributed by atoms with E-state index in [2.05, 4.69) is 4.98 Å². The lowest BCUT2D eigenvalue weighted by Crippen LogP contribution is -2.02. The Labute approximate surface area is 96.5 Å². The highest BCUT2D eigenvalue weighted by Crippen LogP contribution is 2.20. The van der Waals surface area contributed by atoms with Crippen molar-refractivity contribution < 1.29 is 9.90 Å². The lowest BCUT2D eigenvalue weighted by Gasteiger charge is -2.00. The van der Waals surface area contributed by atoms with Crippen molar-refractivity contribution in [3.63, 3.8) is 0 Å². The van der Waals surface area contributed by atoms with Gasteiger partial charge in [0.15, 0.2) is 5.15 Å². The maximum Gasteiger partial charge on any atom is 0.303 e. The number of nitrogens with zero attached hydrogens (tertiary/aromatic N) is 2. The summed E-state index contributed by atoms with van der Waals surface area (Å²) in [5.74, 6) is -0.258. The molecular weight excluding hydrogens is 230 g/mol. The van der Waals surface area contributed by atoms with E-state index in [9.17, 15) is 4.79 Å². The van der Waals surface area contributed by atoms with Crippen LogP contribution in [0.5, 0.6) is 0 Å². The molecule has 0 unspecified atom stereocenters. The molecule has 2 heterocycles. The zero-order valence-corrected chi connectivity index (χ0v) is 9.11. The van der Waals surface area contributed by atoms with E-state index in [0.29, 0.717) is 23.1 Å². The molecule has 0 atom stereocenters. The van der Waals surface area contributed by atoms with Crippen molar-refractivity contribution in [3.8, 4) is 0 Å². The minimum Gasteiger partial charge on any atom is -0.481 e. The molecule has 2 aromatic rings. The van der Waals surface area contributed by atoms with Gasteiger partial charge >= 0.3 is 5.97 Å². The molecule has 0 aliphatic rings. The van der Waals surface area contributed by atoms with Crippen LogP contribution in [0.1, 0.15) is 12.2 Å². The third-order valence-electron chi connectivity index (χ3n) is 2.25. The van der Waals surface area contributed by atoms with Gasteiger partial charge in [0, 0.05) is 18.3 Å². The average Bonchev–Trinajstić information content (AvgIpc) is 2.52. The first-order chi connectivity index (χ1) is 7.58. The number of fused-ring (bicyclic) bond motifs is 1. The Balaban J connectivity index is 2.44. The highest BCUT2D eigenvalue weighted by atomic mass is 35.5. The number of anilines is 1. The molecule has 2 aromatic heterocycles. The third-order valence-corrected chi connectivity index (χ3v) is 2.53. The molecule has 0 aliphatic heterocycles. The summed E-state index contributed by atoms with van der Waals surface area (Å²) < 4.78 is 1.72. The summed E-state index contributed by atoms with van der Waals surface area (Å²) in [5, 5.41) is 8.98. The molecule has 0 aliphatic carbocycles. The van der Waals surface area contributed by atoms with Crippen LogP contribution in [0.15, 0.2) is 18.3 Å². The van der Waals surface area contributed by atoms with E-state index in [-0.39, 0.29) is 6.42 Å². The van der Waals surface area contributed by atoms with Gasteiger partial charge in [-0.25, -0.2) is 4.98 Å². The van der Waals surface area contributed by atoms with Gasteiger partial charge in [0.25, 0.3) is 0 Å². The van der Waals surface area contributed by atoms with Crippen molar-refractivity contribution in [1.29, 1.82) is 0 Å². The van der Waals surface area contributed by atoms with Gasteiger partial charge in [0.2, 0.25) is 0 Å². The lowest BCUT2D eigenvalue weighted by molar-refractivity contribution is -0.137. The first kappa shape index (κ1) is 10.8. The number of carboxylic acid groups (broad SMARTS) is 1. The molecule has 84 valence electrons. The number of nitrogens with two attached hydrogens (primary N) is 1. The number of nitrogen functional groups attached to an aromatic ring is 1. The van der Waals surface area contributed by atoms with E-state index in [0.717, 1.165) is 5.52 Å². The zero-order chi connectivity index (χ0) is 11.7. The van der Waals surface area contributed by atoms with E-state index < -0.39 is 5.97 Å². The van der Waals surface area contributed by atoms with Crippen LogP contribution < -0.4 is 5.73 Å². The fourth-order valence-electron chi connectivity index (χ4n) is 1.52. The van der Waals surface area contributed by atoms with E-state index in [4.69, 9.17) is 22.4 Å². The van der Waals surface area contributed by atoms with Crippen molar-refractivity contribution in [2.45, 2.75) is 12.8 Å². The second-order valence-electron chi connectivity index (χ2n) is 3.43. The van der Waals surface area contributed by atoms with Crippen LogP contribution >= 0.6 is 11.6 Å². The van der Waals surface area contributed by atoms with Gasteiger partial charge in [-0.05, 0) is 12.1 Å². The summed E-state index contributed by atoms with van der Waals surface area (Å²) in [5.41, 5.74) is 6.96. The van der Waals surface area contributed by atoms with Crippen LogP contribution in [-0.4, -0.2) is 20.5 Å². The number of hydrogen-bond donors (Lipinski definition) is 2. The first-order valence-corrected chi connectivity index (χ1v) is 5.09. The Morgan fingerprint density at radius 3 is 3.00 bits per heavy atom. The second-order valence-corrected chi connectivity index (χ2v) is 3.79. The van der Waals surface area contributed by atoms with Gasteiger partial charge < -0.3 is 15.2 Å². The van der Waals surface area contributed by atoms with E-state index in [1.807, 2.05) is 0 Å². The van der Waals surface area contributed by atoms with Gasteiger partial charge in [-0.2, -0.15) is 0 Å². The van der Waals surface area contributed by atoms with Gasteiger partial charge in [0.1, 0.15) is 5.82 Å². The van der Waals surface area contributed by atoms with Crippen molar-refractivity contribution in [2.24, 2.45) is 0 Å². The van der Waals surface area contributed by atoms with E-state index >= 15 is 0 Å². The fourth-order valence-corrected chi connectivity index (χ4v) is 1.77. The van der Waals surface area contributed by atoms with Gasteiger partial charge in [-0.1, -0.05) is 11.6 Å². The van der Waals surface area contributed by atoms with Crippen molar-refractivity contribution in [1.82, 2.24) is 9.38 Å². The molecule has 2 rings (SSSR count). The number of aliphatic carboxylic acids is 1. The molecule has 16 heavy (non-hydrogen) atoms. The summed E-state index contributed by atoms with van der Waals surface area (Å²) in [6, 6.07) is 3.48. The molecule has 0 amide bonds. The molecule has 0 saturated carbocycles. The number of carboxylic acids is 1. The van der Waals surface area contributed by atoms with E-state index in [1.54, 1.807) is 22.7 Å². The Bertz CT molecular complexity index is 550. The SMILES string of the molecule is Nc1ccc2c(Cl)nc(CCC(=O)O)n2c1. The van der Waals surface area contributed by atoms with E-state index in [1.165, 1.54) is 0 Å². The van der Waals surface area contributed by atoms with Crippen molar-refractivity contribution in [3.05, 3.63) is 29.3 Å². The molecule has 0 spiro atoms. The Hall–Kier alpha value is -1.75. The minimum atomic E-state index is -0.864. The summed E-state index contributed by atoms with van der Waals surface area (Å²) in [6.07, 6.45) is 2.03. The molecule has 0 aromatic carbocycles. The third kappa shape index (κ3) is 1.94. The first-order valence-electron chi connectivity index (χ1n) is 4.71. The molecule has 6 heteroatoms. The molecule has 0 saturated heterocycles. The molecule has 3 N–H and O–H groups in total. The standard InChI is InChI=1S/C10H10ClN3O2/c11-10-7-2-1-6(12)5-14(7)8(13-10)3-4-9(15)16/h1-2,5H,3-4,12H2,(H,15,16). The molecule has 0 bridgehead atoms. The number of aryl methyl sites for hydroxylation is 1. The number of hydrogen-bond acceptors (Lipinski definition) is 3. The monoisotopic (exact) mass is 239 g/mol. The Kier molecular flexibility index (Phi) is 2.70. The highest BCUT2D eigenvalue weighted by Gasteiger charge is 2.10. The summed E-state index contributed by atoms with van der Waals surface area (Å²) in [6.45, 7) is 0. The summed E-state index contributed by atoms with van der Waals surface area (Å²) in [7, 11) is 0. The van der Waals surface area contributed by atoms with Crippen LogP contribution in [0.25, 0.3) is 5.52 Å². The van der Waals surface area contributed by atoms with Gasteiger partial charge in [0.05, 0.1) is 11.9 Å². The maximum absolute atomic E-state index is 10.5. The van der Waals surface area contributed by atoms with Crippen molar-refractivity contribution in [2.75, 3.05) is 5.73 Å². The van der Waals surface area contributed by atoms with Crippen LogP contribution in [0, 0.1) is 0 Å². The number of imidazole rings is 1. The predicted octanol–water partition coefficient (Wildman–Crippen LogP) is 1.59. The maximum atomic E-state index is 10.5. The summed E-state index contributed by atoms with van der Waals surface area (Å²) >= 11 is 5.93. The molecule has 5 nitrogen and oxygen atoms in total. The predicted molar refractivity (Wildman–Crippen MR) is 60.6 cm³/mol. The van der Waals surface area contributed by atoms with Gasteiger partial charge in [-0.3, -0.25) is 4.79 Å². The zero-order valence-electron chi connectivity index (χ0n) is 8.35. The lowest BCUT2D eigenvalue weighted by atomic mass is 10.3. The van der Waals surface area contributed by atoms with Crippen LogP contribution in [-0.2, 0) is 11.2 Å². The smallest absolute Gasteiger partial charge is 0.303 e. The topological polar surface area (TPSA) is 80.6 Å². The number of rotatable bonds is 3. The normalized spacial score (nSPS) is 10.8. The quantitative estimate of drug-likeness (QED) is 0.852. The fraction of sp³-hybridized carbons (Fsp3) is 0.200. The average molecular weight is 240 g/mol. The summed E-state index contributed by atoms with van der Waals surface area (Å²) in [4.78, 5) is 14.6. The van der Waals surface area contributed by atoms with Crippen LogP contribution in [0.4, 0.5) is 5.69 Å². The molecule has 0 fully saturated rings. The van der Waals surface area contributed by atoms with Gasteiger partial charge in [-0.15, -0.1) is 0 Å². The number of halogens is 1. The Morgan fingerprint density at radius 2 is 2.31 bits per heavy atom. The largest absolute Gasteiger partial charge is 0.481 e. The van der Waals surface area contributed by atoms with Crippen LogP contribution in [0.2, 0.25) is 5.15 Å². The van der Waals surface area contributed by atoms with Crippen molar-refractivity contribution >= 4 is 28.8 Å². The molecular formula is C10H10ClN3O2. The number of pyridine rings is 1. The second kappa shape index (κ2) is 4.02. The Morgan fingerprint density at radius 1 is 1.56 bits per heavy atom. The van der Waals surface area contributed by atoms with Crippen LogP contribution in [0.3, 0.4) is 0 Å². The molecule has 0 radical (unpaired) electrons. The highest BCUT2D eigenvalue weighted by molar-refractivity contribution is 6.32. The number of aromatic nitrogens is 2. The number of carbonyl (C=O) groups is 1.